The SMILES string of the molecule is CC(C)[C@@H]1NC(=O)[C@H](Cc2ccccc2)NC(=O)[C@@H](NC(=O)C2(N)CCC2)CCCCNC(=O)c2coc1n2. The van der Waals surface area contributed by atoms with Gasteiger partial charge in [0.25, 0.3) is 5.91 Å². The van der Waals surface area contributed by atoms with Crippen molar-refractivity contribution in [3.05, 3.63) is 53.7 Å². The van der Waals surface area contributed by atoms with Gasteiger partial charge in [0, 0.05) is 13.0 Å². The van der Waals surface area contributed by atoms with Gasteiger partial charge in [-0.15, -0.1) is 0 Å². The minimum atomic E-state index is -0.970. The molecule has 1 aliphatic carbocycles. The van der Waals surface area contributed by atoms with Gasteiger partial charge in [-0.1, -0.05) is 44.2 Å². The van der Waals surface area contributed by atoms with Crippen molar-refractivity contribution < 1.29 is 23.6 Å². The van der Waals surface area contributed by atoms with E-state index >= 15 is 0 Å². The topological polar surface area (TPSA) is 168 Å². The molecule has 4 rings (SSSR count). The van der Waals surface area contributed by atoms with E-state index in [-0.39, 0.29) is 35.7 Å². The number of hydrogen-bond donors (Lipinski definition) is 5. The van der Waals surface area contributed by atoms with Crippen molar-refractivity contribution >= 4 is 23.6 Å². The average molecular weight is 539 g/mol. The van der Waals surface area contributed by atoms with Crippen molar-refractivity contribution in [2.45, 2.75) is 82.5 Å². The van der Waals surface area contributed by atoms with Gasteiger partial charge < -0.3 is 31.4 Å². The Kier molecular flexibility index (Phi) is 9.01. The fourth-order valence-corrected chi connectivity index (χ4v) is 4.76. The van der Waals surface area contributed by atoms with E-state index < -0.39 is 35.5 Å². The molecule has 0 radical (unpaired) electrons. The van der Waals surface area contributed by atoms with Crippen LogP contribution in [0.4, 0.5) is 0 Å². The van der Waals surface area contributed by atoms with Gasteiger partial charge in [0.2, 0.25) is 23.6 Å². The summed E-state index contributed by atoms with van der Waals surface area (Å²) in [5, 5.41) is 11.5. The van der Waals surface area contributed by atoms with Crippen molar-refractivity contribution in [2.24, 2.45) is 11.7 Å². The molecule has 2 aliphatic rings. The number of hydrogen-bond acceptors (Lipinski definition) is 7. The van der Waals surface area contributed by atoms with E-state index in [0.29, 0.717) is 38.6 Å². The standard InChI is InChI=1S/C28H38N6O5/c1-17(2)22-26-32-21(16-39-26)23(35)30-14-7-6-11-19(33-27(38)28(29)12-8-13-28)24(36)31-20(25(37)34-22)15-18-9-4-3-5-10-18/h3-5,9-10,16-17,19-20,22H,6-8,11-15,29H2,1-2H3,(H,30,35)(H,31,36)(H,33,38)(H,34,37)/t19-,20-,22-/m0/s1. The fraction of sp³-hybridized carbons (Fsp3) is 0.536. The molecule has 1 aliphatic heterocycles. The highest BCUT2D eigenvalue weighted by Crippen LogP contribution is 2.29. The van der Waals surface area contributed by atoms with Crippen LogP contribution in [0.1, 0.15) is 80.4 Å². The molecule has 1 aromatic heterocycles. The van der Waals surface area contributed by atoms with Crippen LogP contribution in [-0.4, -0.2) is 52.8 Å². The quantitative estimate of drug-likeness (QED) is 0.384. The number of oxazole rings is 1. The summed E-state index contributed by atoms with van der Waals surface area (Å²) in [6.07, 6.45) is 4.96. The second kappa shape index (κ2) is 12.4. The number of nitrogens with one attached hydrogen (secondary N) is 4. The monoisotopic (exact) mass is 538 g/mol. The van der Waals surface area contributed by atoms with Gasteiger partial charge >= 0.3 is 0 Å². The molecule has 11 heteroatoms. The Balaban J connectivity index is 1.61. The first-order valence-corrected chi connectivity index (χ1v) is 13.6. The van der Waals surface area contributed by atoms with Crippen LogP contribution < -0.4 is 27.0 Å². The minimum absolute atomic E-state index is 0.120. The Labute approximate surface area is 228 Å². The third-order valence-electron chi connectivity index (χ3n) is 7.43. The van der Waals surface area contributed by atoms with Crippen LogP contribution in [0.15, 0.2) is 41.0 Å². The zero-order valence-corrected chi connectivity index (χ0v) is 22.5. The van der Waals surface area contributed by atoms with Gasteiger partial charge in [-0.2, -0.15) is 0 Å². The smallest absolute Gasteiger partial charge is 0.273 e. The van der Waals surface area contributed by atoms with Crippen LogP contribution >= 0.6 is 0 Å². The lowest BCUT2D eigenvalue weighted by Gasteiger charge is -2.37. The first kappa shape index (κ1) is 28.3. The second-order valence-electron chi connectivity index (χ2n) is 10.8. The van der Waals surface area contributed by atoms with E-state index in [9.17, 15) is 19.2 Å². The molecule has 0 unspecified atom stereocenters. The summed E-state index contributed by atoms with van der Waals surface area (Å²) in [6, 6.07) is 6.93. The Bertz CT molecular complexity index is 1180. The van der Waals surface area contributed by atoms with Crippen LogP contribution in [0.5, 0.6) is 0 Å². The normalized spacial score (nSPS) is 24.2. The van der Waals surface area contributed by atoms with E-state index in [1.807, 2.05) is 44.2 Å². The average Bonchev–Trinajstić information content (AvgIpc) is 3.38. The highest BCUT2D eigenvalue weighted by atomic mass is 16.3. The molecule has 0 spiro atoms. The highest BCUT2D eigenvalue weighted by Gasteiger charge is 2.42. The summed E-state index contributed by atoms with van der Waals surface area (Å²) in [5.74, 6) is -1.55. The number of amides is 4. The first-order valence-electron chi connectivity index (χ1n) is 13.6. The molecule has 2 heterocycles. The Morgan fingerprint density at radius 3 is 2.51 bits per heavy atom. The first-order chi connectivity index (χ1) is 18.7. The number of rotatable bonds is 5. The molecular weight excluding hydrogens is 500 g/mol. The van der Waals surface area contributed by atoms with Gasteiger partial charge in [0.1, 0.15) is 24.4 Å². The maximum atomic E-state index is 13.6. The predicted octanol–water partition coefficient (Wildman–Crippen LogP) is 1.50. The number of nitrogens with two attached hydrogens (primary N) is 1. The maximum Gasteiger partial charge on any atom is 0.273 e. The fourth-order valence-electron chi connectivity index (χ4n) is 4.76. The number of carbonyl (C=O) groups is 4. The molecule has 6 N–H and O–H groups in total. The van der Waals surface area contributed by atoms with Crippen molar-refractivity contribution in [1.29, 1.82) is 0 Å². The summed E-state index contributed by atoms with van der Waals surface area (Å²) in [5.41, 5.74) is 6.23. The van der Waals surface area contributed by atoms with Gasteiger partial charge in [-0.3, -0.25) is 19.2 Å². The van der Waals surface area contributed by atoms with Crippen LogP contribution in [0.25, 0.3) is 0 Å². The van der Waals surface area contributed by atoms with Gasteiger partial charge in [-0.25, -0.2) is 4.98 Å². The molecule has 11 nitrogen and oxygen atoms in total. The third-order valence-corrected chi connectivity index (χ3v) is 7.43. The molecule has 3 atom stereocenters. The Hall–Kier alpha value is -3.73. The van der Waals surface area contributed by atoms with Crippen LogP contribution in [0.2, 0.25) is 0 Å². The molecule has 2 aromatic rings. The highest BCUT2D eigenvalue weighted by molar-refractivity contribution is 5.95. The molecule has 1 fully saturated rings. The zero-order chi connectivity index (χ0) is 28.0. The lowest BCUT2D eigenvalue weighted by Crippen LogP contribution is -2.62. The van der Waals surface area contributed by atoms with E-state index in [2.05, 4.69) is 26.3 Å². The van der Waals surface area contributed by atoms with Gasteiger partial charge in [-0.05, 0) is 50.0 Å². The summed E-state index contributed by atoms with van der Waals surface area (Å²) in [4.78, 5) is 57.0. The van der Waals surface area contributed by atoms with Crippen molar-refractivity contribution in [3.63, 3.8) is 0 Å². The van der Waals surface area contributed by atoms with E-state index in [1.54, 1.807) is 0 Å². The number of nitrogens with zero attached hydrogens (tertiary/aromatic N) is 1. The lowest BCUT2D eigenvalue weighted by atomic mass is 9.77. The number of carbonyl (C=O) groups excluding carboxylic acids is 4. The largest absolute Gasteiger partial charge is 0.446 e. The van der Waals surface area contributed by atoms with Crippen LogP contribution in [0, 0.1) is 5.92 Å². The summed E-state index contributed by atoms with van der Waals surface area (Å²) >= 11 is 0. The van der Waals surface area contributed by atoms with Gasteiger partial charge in [0.05, 0.1) is 5.54 Å². The predicted molar refractivity (Wildman–Crippen MR) is 143 cm³/mol. The minimum Gasteiger partial charge on any atom is -0.446 e. The lowest BCUT2D eigenvalue weighted by molar-refractivity contribution is -0.135. The number of fused-ring (bicyclic) bond motifs is 2. The van der Waals surface area contributed by atoms with Crippen LogP contribution in [0.3, 0.4) is 0 Å². The molecular formula is C28H38N6O5. The zero-order valence-electron chi connectivity index (χ0n) is 22.5. The molecule has 4 amide bonds. The molecule has 210 valence electrons. The van der Waals surface area contributed by atoms with E-state index in [4.69, 9.17) is 10.2 Å². The molecule has 1 aromatic carbocycles. The van der Waals surface area contributed by atoms with Crippen LogP contribution in [-0.2, 0) is 20.8 Å². The van der Waals surface area contributed by atoms with Crippen molar-refractivity contribution in [3.8, 4) is 0 Å². The van der Waals surface area contributed by atoms with E-state index in [0.717, 1.165) is 12.0 Å². The van der Waals surface area contributed by atoms with Crippen molar-refractivity contribution in [1.82, 2.24) is 26.3 Å². The molecule has 1 saturated carbocycles. The summed E-state index contributed by atoms with van der Waals surface area (Å²) < 4.78 is 5.58. The number of benzene rings is 1. The third kappa shape index (κ3) is 7.03. The Morgan fingerprint density at radius 1 is 1.10 bits per heavy atom. The molecule has 39 heavy (non-hydrogen) atoms. The number of aromatic nitrogens is 1. The van der Waals surface area contributed by atoms with E-state index in [1.165, 1.54) is 6.26 Å². The van der Waals surface area contributed by atoms with Crippen molar-refractivity contribution in [2.75, 3.05) is 6.54 Å². The summed E-state index contributed by atoms with van der Waals surface area (Å²) in [6.45, 7) is 4.16. The second-order valence-corrected chi connectivity index (χ2v) is 10.8. The summed E-state index contributed by atoms with van der Waals surface area (Å²) in [7, 11) is 0. The Morgan fingerprint density at radius 2 is 1.85 bits per heavy atom. The van der Waals surface area contributed by atoms with Gasteiger partial charge in [0.15, 0.2) is 5.69 Å². The maximum absolute atomic E-state index is 13.6. The molecule has 0 saturated heterocycles. The molecule has 2 bridgehead atoms.